The number of carboxylic acid groups (broad SMARTS) is 1. The van der Waals surface area contributed by atoms with Gasteiger partial charge in [-0.2, -0.15) is 0 Å². The van der Waals surface area contributed by atoms with Crippen LogP contribution in [0, 0.1) is 0 Å². The van der Waals surface area contributed by atoms with Crippen LogP contribution in [-0.4, -0.2) is 40.3 Å². The highest BCUT2D eigenvalue weighted by atomic mass is 32.1. The predicted octanol–water partition coefficient (Wildman–Crippen LogP) is 0.555. The van der Waals surface area contributed by atoms with Crippen LogP contribution in [0.1, 0.15) is 22.1 Å². The molecule has 0 aromatic heterocycles. The molecule has 3 N–H and O–H groups in total. The van der Waals surface area contributed by atoms with E-state index in [1.165, 1.54) is 0 Å². The molecule has 0 aliphatic carbocycles. The van der Waals surface area contributed by atoms with Crippen LogP contribution in [0.5, 0.6) is 0 Å². The second-order valence-corrected chi connectivity index (χ2v) is 4.38. The number of carboxylic acids is 1. The van der Waals surface area contributed by atoms with Crippen LogP contribution >= 0.6 is 12.2 Å². The molecule has 1 saturated heterocycles. The number of nitrogens with one attached hydrogen (secondary N) is 2. The summed E-state index contributed by atoms with van der Waals surface area (Å²) in [6.07, 6.45) is -0.144. The third kappa shape index (κ3) is 2.42. The van der Waals surface area contributed by atoms with Crippen LogP contribution in [0.25, 0.3) is 0 Å². The van der Waals surface area contributed by atoms with E-state index in [0.29, 0.717) is 5.11 Å². The van der Waals surface area contributed by atoms with Crippen molar-refractivity contribution >= 4 is 23.3 Å². The van der Waals surface area contributed by atoms with Crippen molar-refractivity contribution in [2.24, 2.45) is 0 Å². The molecule has 1 aliphatic rings. The summed E-state index contributed by atoms with van der Waals surface area (Å²) in [5.74, 6) is -0.929. The van der Waals surface area contributed by atoms with E-state index in [-0.39, 0.29) is 11.7 Å². The van der Waals surface area contributed by atoms with E-state index in [4.69, 9.17) is 17.3 Å². The number of hydrogen-bond acceptors (Lipinski definition) is 4. The maximum atomic E-state index is 10.8. The molecule has 7 heteroatoms. The van der Waals surface area contributed by atoms with E-state index in [1.54, 1.807) is 34.3 Å². The number of nitrogens with zero attached hydrogens (tertiary/aromatic N) is 2. The van der Waals surface area contributed by atoms with E-state index in [2.05, 4.69) is 10.9 Å². The van der Waals surface area contributed by atoms with Crippen molar-refractivity contribution in [1.82, 2.24) is 20.9 Å². The maximum absolute atomic E-state index is 10.8. The molecule has 0 atom stereocenters. The molecule has 0 spiro atoms. The molecule has 1 aromatic carbocycles. The van der Waals surface area contributed by atoms with Gasteiger partial charge in [-0.1, -0.05) is 12.1 Å². The monoisotopic (exact) mass is 266 g/mol. The van der Waals surface area contributed by atoms with Gasteiger partial charge in [-0.25, -0.2) is 15.6 Å². The molecular formula is C11H14N4O2S. The summed E-state index contributed by atoms with van der Waals surface area (Å²) in [5.41, 5.74) is 7.51. The van der Waals surface area contributed by atoms with Crippen molar-refractivity contribution in [2.75, 3.05) is 14.1 Å². The van der Waals surface area contributed by atoms with Crippen LogP contribution < -0.4 is 10.9 Å². The largest absolute Gasteiger partial charge is 0.478 e. The Labute approximate surface area is 110 Å². The SMILES string of the molecule is CN1NC(c2ccc(C(=O)O)cc2)NN(C)C1=S. The van der Waals surface area contributed by atoms with Crippen molar-refractivity contribution in [2.45, 2.75) is 6.17 Å². The summed E-state index contributed by atoms with van der Waals surface area (Å²) in [6.45, 7) is 0. The first-order chi connectivity index (χ1) is 8.49. The number of hydrazine groups is 2. The Bertz CT molecular complexity index is 462. The molecule has 1 aliphatic heterocycles. The molecule has 0 amide bonds. The lowest BCUT2D eigenvalue weighted by Gasteiger charge is -2.40. The number of carbonyl (C=O) groups is 1. The van der Waals surface area contributed by atoms with E-state index >= 15 is 0 Å². The fourth-order valence-corrected chi connectivity index (χ4v) is 1.82. The first-order valence-electron chi connectivity index (χ1n) is 5.36. The van der Waals surface area contributed by atoms with Gasteiger partial charge in [-0.15, -0.1) is 0 Å². The second-order valence-electron chi connectivity index (χ2n) is 4.02. The molecule has 0 radical (unpaired) electrons. The Balaban J connectivity index is 2.17. The van der Waals surface area contributed by atoms with E-state index in [1.807, 2.05) is 14.1 Å². The average molecular weight is 266 g/mol. The van der Waals surface area contributed by atoms with Crippen molar-refractivity contribution in [1.29, 1.82) is 0 Å². The zero-order valence-electron chi connectivity index (χ0n) is 10.0. The molecular weight excluding hydrogens is 252 g/mol. The number of rotatable bonds is 2. The summed E-state index contributed by atoms with van der Waals surface area (Å²) in [5, 5.41) is 12.9. The van der Waals surface area contributed by atoms with Gasteiger partial charge < -0.3 is 5.11 Å². The minimum Gasteiger partial charge on any atom is -0.478 e. The van der Waals surface area contributed by atoms with Gasteiger partial charge in [0, 0.05) is 14.1 Å². The first-order valence-corrected chi connectivity index (χ1v) is 5.77. The second kappa shape index (κ2) is 4.89. The Hall–Kier alpha value is -1.70. The minimum atomic E-state index is -0.929. The van der Waals surface area contributed by atoms with Crippen molar-refractivity contribution in [3.63, 3.8) is 0 Å². The smallest absolute Gasteiger partial charge is 0.335 e. The normalized spacial score (nSPS) is 17.1. The molecule has 0 bridgehead atoms. The molecule has 0 saturated carbocycles. The lowest BCUT2D eigenvalue weighted by Crippen LogP contribution is -2.62. The molecule has 0 unspecified atom stereocenters. The Kier molecular flexibility index (Phi) is 3.46. The molecule has 1 fully saturated rings. The van der Waals surface area contributed by atoms with E-state index in [9.17, 15) is 4.79 Å². The van der Waals surface area contributed by atoms with E-state index < -0.39 is 5.97 Å². The third-order valence-electron chi connectivity index (χ3n) is 2.71. The van der Waals surface area contributed by atoms with Gasteiger partial charge in [0.2, 0.25) is 0 Å². The molecule has 2 rings (SSSR count). The fraction of sp³-hybridized carbons (Fsp3) is 0.273. The van der Waals surface area contributed by atoms with Gasteiger partial charge in [-0.3, -0.25) is 10.0 Å². The summed E-state index contributed by atoms with van der Waals surface area (Å²) in [7, 11) is 3.66. The van der Waals surface area contributed by atoms with Crippen LogP contribution in [0.2, 0.25) is 0 Å². The van der Waals surface area contributed by atoms with Gasteiger partial charge in [0.05, 0.1) is 5.56 Å². The minimum absolute atomic E-state index is 0.144. The topological polar surface area (TPSA) is 67.8 Å². The summed E-state index contributed by atoms with van der Waals surface area (Å²) in [6, 6.07) is 6.69. The number of benzene rings is 1. The average Bonchev–Trinajstić information content (AvgIpc) is 2.35. The quantitative estimate of drug-likeness (QED) is 0.676. The highest BCUT2D eigenvalue weighted by Crippen LogP contribution is 2.15. The summed E-state index contributed by atoms with van der Waals surface area (Å²) in [4.78, 5) is 10.8. The van der Waals surface area contributed by atoms with Crippen LogP contribution in [0.4, 0.5) is 0 Å². The standard InChI is InChI=1S/C11H14N4O2S/c1-14-11(18)15(2)13-9(12-14)7-3-5-8(6-4-7)10(16)17/h3-6,9,12-13H,1-2H3,(H,16,17). The zero-order valence-corrected chi connectivity index (χ0v) is 10.9. The number of thiocarbonyl (C=S) groups is 1. The van der Waals surface area contributed by atoms with E-state index in [0.717, 1.165) is 5.56 Å². The highest BCUT2D eigenvalue weighted by Gasteiger charge is 2.24. The predicted molar refractivity (Wildman–Crippen MR) is 70.5 cm³/mol. The van der Waals surface area contributed by atoms with Crippen LogP contribution in [0.3, 0.4) is 0 Å². The molecule has 18 heavy (non-hydrogen) atoms. The van der Waals surface area contributed by atoms with Crippen LogP contribution in [0.15, 0.2) is 24.3 Å². The lowest BCUT2D eigenvalue weighted by molar-refractivity contribution is 0.0696. The highest BCUT2D eigenvalue weighted by molar-refractivity contribution is 7.80. The molecule has 1 heterocycles. The number of hydrogen-bond donors (Lipinski definition) is 3. The Morgan fingerprint density at radius 3 is 2.17 bits per heavy atom. The van der Waals surface area contributed by atoms with Gasteiger partial charge >= 0.3 is 5.97 Å². The third-order valence-corrected chi connectivity index (χ3v) is 3.26. The summed E-state index contributed by atoms with van der Waals surface area (Å²) < 4.78 is 0. The molecule has 6 nitrogen and oxygen atoms in total. The van der Waals surface area contributed by atoms with Gasteiger partial charge in [0.1, 0.15) is 6.17 Å². The Morgan fingerprint density at radius 1 is 1.22 bits per heavy atom. The van der Waals surface area contributed by atoms with Crippen molar-refractivity contribution in [3.8, 4) is 0 Å². The summed E-state index contributed by atoms with van der Waals surface area (Å²) >= 11 is 5.16. The maximum Gasteiger partial charge on any atom is 0.335 e. The lowest BCUT2D eigenvalue weighted by atomic mass is 10.1. The Morgan fingerprint density at radius 2 is 1.72 bits per heavy atom. The zero-order chi connectivity index (χ0) is 13.3. The van der Waals surface area contributed by atoms with Crippen molar-refractivity contribution in [3.05, 3.63) is 35.4 Å². The van der Waals surface area contributed by atoms with Gasteiger partial charge in [0.15, 0.2) is 5.11 Å². The van der Waals surface area contributed by atoms with Crippen LogP contribution in [-0.2, 0) is 0 Å². The number of aromatic carboxylic acids is 1. The fourth-order valence-electron chi connectivity index (χ4n) is 1.72. The molecule has 1 aromatic rings. The molecule has 96 valence electrons. The first kappa shape index (κ1) is 12.7. The van der Waals surface area contributed by atoms with Gasteiger partial charge in [0.25, 0.3) is 0 Å². The van der Waals surface area contributed by atoms with Crippen molar-refractivity contribution < 1.29 is 9.90 Å². The van der Waals surface area contributed by atoms with Gasteiger partial charge in [-0.05, 0) is 29.9 Å².